The van der Waals surface area contributed by atoms with Crippen molar-refractivity contribution in [3.8, 4) is 11.8 Å². The van der Waals surface area contributed by atoms with Gasteiger partial charge >= 0.3 is 0 Å². The molecule has 20 heavy (non-hydrogen) atoms. The molecule has 2 atom stereocenters. The van der Waals surface area contributed by atoms with Gasteiger partial charge in [0.15, 0.2) is 0 Å². The van der Waals surface area contributed by atoms with Gasteiger partial charge in [0.2, 0.25) is 0 Å². The first-order valence-corrected chi connectivity index (χ1v) is 7.20. The van der Waals surface area contributed by atoms with E-state index >= 15 is 0 Å². The molecule has 1 amide bonds. The summed E-state index contributed by atoms with van der Waals surface area (Å²) in [6, 6.07) is 6.03. The maximum Gasteiger partial charge on any atom is 0.251 e. The van der Waals surface area contributed by atoms with Crippen LogP contribution in [-0.2, 0) is 0 Å². The van der Waals surface area contributed by atoms with Gasteiger partial charge in [0.25, 0.3) is 5.91 Å². The second-order valence-corrected chi connectivity index (χ2v) is 5.62. The number of hydrogen-bond acceptors (Lipinski definition) is 2. The minimum atomic E-state index is 0.0120. The summed E-state index contributed by atoms with van der Waals surface area (Å²) in [5, 5.41) is 3.14. The minimum absolute atomic E-state index is 0.0120. The van der Waals surface area contributed by atoms with Crippen molar-refractivity contribution >= 4 is 5.91 Å². The number of aryl methyl sites for hydroxylation is 1. The van der Waals surface area contributed by atoms with Crippen molar-refractivity contribution in [2.24, 2.45) is 11.7 Å². The van der Waals surface area contributed by atoms with Crippen LogP contribution < -0.4 is 11.1 Å². The first kappa shape index (κ1) is 14.6. The van der Waals surface area contributed by atoms with E-state index in [4.69, 9.17) is 5.73 Å². The largest absolute Gasteiger partial charge is 0.349 e. The van der Waals surface area contributed by atoms with Gasteiger partial charge in [0, 0.05) is 17.2 Å². The first-order chi connectivity index (χ1) is 9.60. The third-order valence-electron chi connectivity index (χ3n) is 3.85. The molecule has 3 heteroatoms. The van der Waals surface area contributed by atoms with Crippen molar-refractivity contribution in [2.45, 2.75) is 39.2 Å². The van der Waals surface area contributed by atoms with Crippen molar-refractivity contribution in [2.75, 3.05) is 6.54 Å². The minimum Gasteiger partial charge on any atom is -0.349 e. The van der Waals surface area contributed by atoms with Gasteiger partial charge in [-0.3, -0.25) is 4.79 Å². The highest BCUT2D eigenvalue weighted by molar-refractivity contribution is 5.96. The van der Waals surface area contributed by atoms with Gasteiger partial charge in [-0.25, -0.2) is 0 Å². The van der Waals surface area contributed by atoms with Crippen molar-refractivity contribution in [3.63, 3.8) is 0 Å². The van der Waals surface area contributed by atoms with E-state index in [9.17, 15) is 4.79 Å². The summed E-state index contributed by atoms with van der Waals surface area (Å²) < 4.78 is 0. The molecule has 1 aliphatic rings. The smallest absolute Gasteiger partial charge is 0.251 e. The van der Waals surface area contributed by atoms with E-state index in [0.717, 1.165) is 24.0 Å². The Labute approximate surface area is 120 Å². The topological polar surface area (TPSA) is 55.1 Å². The molecule has 0 aliphatic heterocycles. The molecule has 1 aliphatic carbocycles. The highest BCUT2D eigenvalue weighted by Crippen LogP contribution is 2.25. The molecular weight excluding hydrogens is 248 g/mol. The van der Waals surface area contributed by atoms with Gasteiger partial charge in [0.05, 0.1) is 6.54 Å². The zero-order valence-electron chi connectivity index (χ0n) is 12.2. The van der Waals surface area contributed by atoms with E-state index < -0.39 is 0 Å². The Morgan fingerprint density at radius 2 is 2.25 bits per heavy atom. The number of hydrogen-bond donors (Lipinski definition) is 2. The summed E-state index contributed by atoms with van der Waals surface area (Å²) in [5.41, 5.74) is 7.91. The van der Waals surface area contributed by atoms with Crippen LogP contribution in [-0.4, -0.2) is 18.5 Å². The Bertz CT molecular complexity index is 554. The Morgan fingerprint density at radius 3 is 2.90 bits per heavy atom. The van der Waals surface area contributed by atoms with Crippen LogP contribution in [0, 0.1) is 24.7 Å². The van der Waals surface area contributed by atoms with Crippen molar-refractivity contribution in [3.05, 3.63) is 34.9 Å². The highest BCUT2D eigenvalue weighted by Gasteiger charge is 2.23. The number of carbonyl (C=O) groups is 1. The predicted octanol–water partition coefficient (Wildman–Crippen LogP) is 2.22. The normalized spacial score (nSPS) is 21.1. The maximum atomic E-state index is 12.4. The number of benzene rings is 1. The summed E-state index contributed by atoms with van der Waals surface area (Å²) in [7, 11) is 0. The van der Waals surface area contributed by atoms with Crippen molar-refractivity contribution in [1.82, 2.24) is 5.32 Å². The molecule has 2 rings (SSSR count). The molecule has 0 heterocycles. The second-order valence-electron chi connectivity index (χ2n) is 5.62. The average molecular weight is 270 g/mol. The van der Waals surface area contributed by atoms with Crippen LogP contribution in [0.2, 0.25) is 0 Å². The number of nitrogens with one attached hydrogen (secondary N) is 1. The lowest BCUT2D eigenvalue weighted by atomic mass is 10.0. The molecule has 106 valence electrons. The van der Waals surface area contributed by atoms with Crippen LogP contribution >= 0.6 is 0 Å². The van der Waals surface area contributed by atoms with Gasteiger partial charge in [-0.1, -0.05) is 24.8 Å². The molecule has 0 aromatic heterocycles. The lowest BCUT2D eigenvalue weighted by molar-refractivity contribution is 0.0936. The highest BCUT2D eigenvalue weighted by atomic mass is 16.1. The summed E-state index contributed by atoms with van der Waals surface area (Å²) in [6.45, 7) is 4.52. The Balaban J connectivity index is 2.12. The average Bonchev–Trinajstić information content (AvgIpc) is 2.83. The molecular formula is C17H22N2O. The van der Waals surface area contributed by atoms with Gasteiger partial charge in [-0.2, -0.15) is 0 Å². The van der Waals surface area contributed by atoms with E-state index in [1.54, 1.807) is 0 Å². The Morgan fingerprint density at radius 1 is 1.45 bits per heavy atom. The lowest BCUT2D eigenvalue weighted by Gasteiger charge is -2.14. The van der Waals surface area contributed by atoms with E-state index in [1.807, 2.05) is 25.1 Å². The zero-order valence-corrected chi connectivity index (χ0v) is 12.2. The van der Waals surface area contributed by atoms with Gasteiger partial charge in [-0.15, -0.1) is 0 Å². The summed E-state index contributed by atoms with van der Waals surface area (Å²) >= 11 is 0. The van der Waals surface area contributed by atoms with E-state index in [2.05, 4.69) is 24.1 Å². The molecule has 1 saturated carbocycles. The molecule has 1 aromatic rings. The Hall–Kier alpha value is -1.79. The monoisotopic (exact) mass is 270 g/mol. The van der Waals surface area contributed by atoms with Gasteiger partial charge < -0.3 is 11.1 Å². The van der Waals surface area contributed by atoms with E-state index in [1.165, 1.54) is 6.42 Å². The number of carbonyl (C=O) groups excluding carboxylic acids is 1. The zero-order chi connectivity index (χ0) is 14.5. The SMILES string of the molecule is Cc1ccc(C#CCN)cc1C(=O)NC1CCC(C)C1. The van der Waals surface area contributed by atoms with Crippen LogP contribution in [0.4, 0.5) is 0 Å². The third kappa shape index (κ3) is 3.61. The van der Waals surface area contributed by atoms with E-state index in [0.29, 0.717) is 24.1 Å². The fourth-order valence-electron chi connectivity index (χ4n) is 2.70. The fraction of sp³-hybridized carbons (Fsp3) is 0.471. The van der Waals surface area contributed by atoms with Gasteiger partial charge in [0.1, 0.15) is 0 Å². The molecule has 2 unspecified atom stereocenters. The van der Waals surface area contributed by atoms with Crippen LogP contribution in [0.5, 0.6) is 0 Å². The van der Waals surface area contributed by atoms with E-state index in [-0.39, 0.29) is 5.91 Å². The number of amides is 1. The van der Waals surface area contributed by atoms with Crippen molar-refractivity contribution in [1.29, 1.82) is 0 Å². The standard InChI is InChI=1S/C17H22N2O/c1-12-5-8-15(10-12)19-17(20)16-11-14(4-3-9-18)7-6-13(16)2/h6-7,11-12,15H,5,8-10,18H2,1-2H3,(H,19,20). The molecule has 0 saturated heterocycles. The maximum absolute atomic E-state index is 12.4. The molecule has 0 spiro atoms. The molecule has 1 fully saturated rings. The summed E-state index contributed by atoms with van der Waals surface area (Å²) in [4.78, 5) is 12.4. The van der Waals surface area contributed by atoms with Crippen LogP contribution in [0.15, 0.2) is 18.2 Å². The molecule has 3 nitrogen and oxygen atoms in total. The summed E-state index contributed by atoms with van der Waals surface area (Å²) in [6.07, 6.45) is 3.36. The number of rotatable bonds is 2. The molecule has 1 aromatic carbocycles. The quantitative estimate of drug-likeness (QED) is 0.810. The van der Waals surface area contributed by atoms with Crippen LogP contribution in [0.1, 0.15) is 47.7 Å². The van der Waals surface area contributed by atoms with Crippen molar-refractivity contribution < 1.29 is 4.79 Å². The fourth-order valence-corrected chi connectivity index (χ4v) is 2.70. The summed E-state index contributed by atoms with van der Waals surface area (Å²) in [5.74, 6) is 6.51. The number of nitrogens with two attached hydrogens (primary N) is 1. The van der Waals surface area contributed by atoms with Crippen LogP contribution in [0.3, 0.4) is 0 Å². The molecule has 0 bridgehead atoms. The first-order valence-electron chi connectivity index (χ1n) is 7.20. The molecule has 0 radical (unpaired) electrons. The second kappa shape index (κ2) is 6.58. The lowest BCUT2D eigenvalue weighted by Crippen LogP contribution is -2.33. The Kier molecular flexibility index (Phi) is 4.81. The predicted molar refractivity (Wildman–Crippen MR) is 81.4 cm³/mol. The van der Waals surface area contributed by atoms with Gasteiger partial charge in [-0.05, 0) is 49.8 Å². The van der Waals surface area contributed by atoms with Crippen LogP contribution in [0.25, 0.3) is 0 Å². The third-order valence-corrected chi connectivity index (χ3v) is 3.85. The molecule has 3 N–H and O–H groups in total.